The molecule has 0 saturated carbocycles. The van der Waals surface area contributed by atoms with Gasteiger partial charge in [0.25, 0.3) is 0 Å². The summed E-state index contributed by atoms with van der Waals surface area (Å²) in [5, 5.41) is 5.09. The number of aryl methyl sites for hydroxylation is 2. The molecule has 1 heterocycles. The molecule has 0 aliphatic rings. The molecule has 0 radical (unpaired) electrons. The first-order valence-electron chi connectivity index (χ1n) is 8.25. The summed E-state index contributed by atoms with van der Waals surface area (Å²) in [6.45, 7) is 8.31. The second-order valence-electron chi connectivity index (χ2n) is 6.32. The molecule has 116 valence electrons. The van der Waals surface area contributed by atoms with Crippen LogP contribution in [0.15, 0.2) is 73.4 Å². The van der Waals surface area contributed by atoms with Crippen molar-refractivity contribution in [3.63, 3.8) is 0 Å². The van der Waals surface area contributed by atoms with Gasteiger partial charge in [0.15, 0.2) is 12.4 Å². The van der Waals surface area contributed by atoms with Crippen molar-refractivity contribution in [1.82, 2.24) is 0 Å². The molecule has 0 aliphatic carbocycles. The third-order valence-corrected chi connectivity index (χ3v) is 4.72. The summed E-state index contributed by atoms with van der Waals surface area (Å²) in [6, 6.07) is 21.8. The molecule has 4 rings (SSSR count). The minimum atomic E-state index is 1.20. The predicted octanol–water partition coefficient (Wildman–Crippen LogP) is 5.66. The highest BCUT2D eigenvalue weighted by molar-refractivity contribution is 6.10. The normalized spacial score (nSPS) is 11.1. The quantitative estimate of drug-likeness (QED) is 0.332. The molecular weight excluding hydrogens is 290 g/mol. The molecule has 0 N–H and O–H groups in total. The topological polar surface area (TPSA) is 3.88 Å². The van der Waals surface area contributed by atoms with Gasteiger partial charge in [-0.2, -0.15) is 4.57 Å². The van der Waals surface area contributed by atoms with Crippen molar-refractivity contribution < 1.29 is 4.57 Å². The van der Waals surface area contributed by atoms with E-state index in [4.69, 9.17) is 0 Å². The van der Waals surface area contributed by atoms with E-state index in [0.717, 1.165) is 0 Å². The molecule has 0 aliphatic heterocycles. The fourth-order valence-corrected chi connectivity index (χ4v) is 3.57. The zero-order valence-corrected chi connectivity index (χ0v) is 14.1. The zero-order chi connectivity index (χ0) is 16.7. The van der Waals surface area contributed by atoms with E-state index < -0.39 is 0 Å². The predicted molar refractivity (Wildman–Crippen MR) is 103 cm³/mol. The van der Waals surface area contributed by atoms with E-state index in [0.29, 0.717) is 0 Å². The van der Waals surface area contributed by atoms with Crippen molar-refractivity contribution in [1.29, 1.82) is 0 Å². The van der Waals surface area contributed by atoms with Gasteiger partial charge in [0.05, 0.1) is 10.9 Å². The summed E-state index contributed by atoms with van der Waals surface area (Å²) in [7, 11) is 0. The lowest BCUT2D eigenvalue weighted by atomic mass is 9.95. The monoisotopic (exact) mass is 310 g/mol. The van der Waals surface area contributed by atoms with Crippen molar-refractivity contribution >= 4 is 27.7 Å². The van der Waals surface area contributed by atoms with E-state index in [1.54, 1.807) is 0 Å². The van der Waals surface area contributed by atoms with E-state index in [-0.39, 0.29) is 0 Å². The van der Waals surface area contributed by atoms with Gasteiger partial charge in [-0.05, 0) is 48.9 Å². The maximum absolute atomic E-state index is 4.00. The van der Waals surface area contributed by atoms with Gasteiger partial charge in [-0.3, -0.25) is 0 Å². The number of aromatic nitrogens is 1. The second-order valence-corrected chi connectivity index (χ2v) is 6.32. The first-order chi connectivity index (χ1) is 11.7. The Morgan fingerprint density at radius 1 is 0.833 bits per heavy atom. The molecule has 1 heteroatoms. The number of rotatable bonds is 2. The average molecular weight is 310 g/mol. The van der Waals surface area contributed by atoms with Gasteiger partial charge in [0, 0.05) is 11.5 Å². The molecule has 1 aromatic heterocycles. The van der Waals surface area contributed by atoms with Crippen LogP contribution in [0.25, 0.3) is 39.0 Å². The highest BCUT2D eigenvalue weighted by Gasteiger charge is 2.19. The molecule has 0 atom stereocenters. The average Bonchev–Trinajstić information content (AvgIpc) is 2.61. The Kier molecular flexibility index (Phi) is 3.42. The summed E-state index contributed by atoms with van der Waals surface area (Å²) in [6.07, 6.45) is 3.99. The first-order valence-corrected chi connectivity index (χ1v) is 8.25. The van der Waals surface area contributed by atoms with Gasteiger partial charge in [-0.25, -0.2) is 0 Å². The lowest BCUT2D eigenvalue weighted by Gasteiger charge is -2.10. The van der Waals surface area contributed by atoms with Crippen LogP contribution in [0.2, 0.25) is 0 Å². The Bertz CT molecular complexity index is 1090. The zero-order valence-electron chi connectivity index (χ0n) is 14.1. The molecule has 0 fully saturated rings. The minimum absolute atomic E-state index is 1.20. The minimum Gasteiger partial charge on any atom is -0.167 e. The summed E-state index contributed by atoms with van der Waals surface area (Å²) in [4.78, 5) is 0. The lowest BCUT2D eigenvalue weighted by molar-refractivity contribution is -0.554. The van der Waals surface area contributed by atoms with E-state index in [1.807, 2.05) is 6.20 Å². The molecule has 0 amide bonds. The highest BCUT2D eigenvalue weighted by atomic mass is 14.9. The van der Waals surface area contributed by atoms with Crippen LogP contribution in [0.1, 0.15) is 11.1 Å². The molecule has 4 aromatic rings. The Hall–Kier alpha value is -2.93. The van der Waals surface area contributed by atoms with Crippen LogP contribution in [0.3, 0.4) is 0 Å². The van der Waals surface area contributed by atoms with Crippen LogP contribution >= 0.6 is 0 Å². The van der Waals surface area contributed by atoms with Crippen molar-refractivity contribution in [2.45, 2.75) is 13.8 Å². The number of fused-ring (bicyclic) bond motifs is 3. The standard InChI is InChI=1S/C23H20N/c1-4-24-14-13-21-20-8-6-5-7-18(20)10-12-22(21)23(24)19-11-9-16(2)15-17(19)3/h4-15H,1H2,2-3H3/q+1. The van der Waals surface area contributed by atoms with E-state index >= 15 is 0 Å². The van der Waals surface area contributed by atoms with Crippen LogP contribution in [0.5, 0.6) is 0 Å². The summed E-state index contributed by atoms with van der Waals surface area (Å²) >= 11 is 0. The molecule has 0 bridgehead atoms. The number of nitrogens with zero attached hydrogens (tertiary/aromatic N) is 1. The molecule has 0 saturated heterocycles. The summed E-state index contributed by atoms with van der Waals surface area (Å²) in [5.74, 6) is 0. The van der Waals surface area contributed by atoms with Crippen LogP contribution < -0.4 is 4.57 Å². The Morgan fingerprint density at radius 3 is 2.46 bits per heavy atom. The molecule has 24 heavy (non-hydrogen) atoms. The van der Waals surface area contributed by atoms with Gasteiger partial charge in [0.1, 0.15) is 0 Å². The van der Waals surface area contributed by atoms with Gasteiger partial charge < -0.3 is 0 Å². The third kappa shape index (κ3) is 2.21. The number of pyridine rings is 1. The summed E-state index contributed by atoms with van der Waals surface area (Å²) < 4.78 is 2.12. The highest BCUT2D eigenvalue weighted by Crippen LogP contribution is 2.32. The van der Waals surface area contributed by atoms with Crippen molar-refractivity contribution in [3.8, 4) is 11.3 Å². The van der Waals surface area contributed by atoms with Gasteiger partial charge in [0.2, 0.25) is 5.69 Å². The Morgan fingerprint density at radius 2 is 1.67 bits per heavy atom. The Balaban J connectivity index is 2.16. The first kappa shape index (κ1) is 14.6. The number of hydrogen-bond donors (Lipinski definition) is 0. The molecule has 0 spiro atoms. The molecule has 3 aromatic carbocycles. The largest absolute Gasteiger partial charge is 0.225 e. The molecule has 0 unspecified atom stereocenters. The van der Waals surface area contributed by atoms with E-state index in [2.05, 4.69) is 91.9 Å². The molecule has 1 nitrogen and oxygen atoms in total. The fourth-order valence-electron chi connectivity index (χ4n) is 3.57. The van der Waals surface area contributed by atoms with Gasteiger partial charge in [-0.1, -0.05) is 48.0 Å². The van der Waals surface area contributed by atoms with Crippen LogP contribution in [0.4, 0.5) is 0 Å². The number of benzene rings is 3. The maximum Gasteiger partial charge on any atom is 0.225 e. The van der Waals surface area contributed by atoms with Gasteiger partial charge in [-0.15, -0.1) is 0 Å². The molecular formula is C23H20N+. The number of hydrogen-bond acceptors (Lipinski definition) is 0. The fraction of sp³-hybridized carbons (Fsp3) is 0.0870. The Labute approximate surface area is 142 Å². The maximum atomic E-state index is 4.00. The SMILES string of the molecule is C=C[n+]1ccc2c(ccc3ccccc32)c1-c1ccc(C)cc1C. The lowest BCUT2D eigenvalue weighted by Crippen LogP contribution is -2.28. The second kappa shape index (κ2) is 5.61. The van der Waals surface area contributed by atoms with Crippen molar-refractivity contribution in [2.75, 3.05) is 0 Å². The van der Waals surface area contributed by atoms with E-state index in [1.165, 1.54) is 43.9 Å². The van der Waals surface area contributed by atoms with Crippen molar-refractivity contribution in [3.05, 3.63) is 84.6 Å². The van der Waals surface area contributed by atoms with Crippen LogP contribution in [-0.4, -0.2) is 0 Å². The van der Waals surface area contributed by atoms with Gasteiger partial charge >= 0.3 is 0 Å². The van der Waals surface area contributed by atoms with Crippen LogP contribution in [0, 0.1) is 13.8 Å². The van der Waals surface area contributed by atoms with E-state index in [9.17, 15) is 0 Å². The smallest absolute Gasteiger partial charge is 0.167 e. The van der Waals surface area contributed by atoms with Crippen molar-refractivity contribution in [2.24, 2.45) is 0 Å². The van der Waals surface area contributed by atoms with Crippen LogP contribution in [-0.2, 0) is 0 Å². The third-order valence-electron chi connectivity index (χ3n) is 4.72. The summed E-state index contributed by atoms with van der Waals surface area (Å²) in [5.41, 5.74) is 5.02.